The summed E-state index contributed by atoms with van der Waals surface area (Å²) in [5.74, 6) is -0.860. The van der Waals surface area contributed by atoms with Gasteiger partial charge in [-0.2, -0.15) is 0 Å². The monoisotopic (exact) mass is 232 g/mol. The number of carboxylic acids is 1. The van der Waals surface area contributed by atoms with Crippen molar-refractivity contribution in [1.82, 2.24) is 0 Å². The molecule has 0 saturated carbocycles. The Morgan fingerprint density at radius 1 is 1.18 bits per heavy atom. The van der Waals surface area contributed by atoms with E-state index in [1.165, 1.54) is 23.6 Å². The third-order valence-corrected chi connectivity index (χ3v) is 2.74. The minimum absolute atomic E-state index is 0.805. The second-order valence-corrected chi connectivity index (χ2v) is 4.40. The molecule has 0 aliphatic rings. The molecule has 2 nitrogen and oxygen atoms in total. The SMILES string of the molecule is CCCc1ccc(CCC(C)=CC(=O)O)cc1. The summed E-state index contributed by atoms with van der Waals surface area (Å²) in [6, 6.07) is 8.60. The standard InChI is InChI=1S/C15H20O2/c1-3-4-13-7-9-14(10-8-13)6-5-12(2)11-15(16)17/h7-11H,3-6H2,1-2H3,(H,16,17). The largest absolute Gasteiger partial charge is 0.478 e. The fourth-order valence-corrected chi connectivity index (χ4v) is 1.79. The highest BCUT2D eigenvalue weighted by atomic mass is 16.4. The van der Waals surface area contributed by atoms with Gasteiger partial charge in [-0.05, 0) is 37.3 Å². The number of carbonyl (C=O) groups is 1. The van der Waals surface area contributed by atoms with E-state index in [0.29, 0.717) is 0 Å². The predicted octanol–water partition coefficient (Wildman–Crippen LogP) is 3.60. The Bertz CT molecular complexity index is 388. The van der Waals surface area contributed by atoms with Crippen LogP contribution in [0, 0.1) is 0 Å². The van der Waals surface area contributed by atoms with Crippen molar-refractivity contribution < 1.29 is 9.90 Å². The number of aliphatic carboxylic acids is 1. The normalized spacial score (nSPS) is 11.5. The number of rotatable bonds is 6. The van der Waals surface area contributed by atoms with Gasteiger partial charge in [-0.1, -0.05) is 43.2 Å². The minimum atomic E-state index is -0.860. The molecule has 2 heteroatoms. The molecule has 17 heavy (non-hydrogen) atoms. The zero-order valence-corrected chi connectivity index (χ0v) is 10.6. The number of hydrogen-bond donors (Lipinski definition) is 1. The molecule has 0 saturated heterocycles. The van der Waals surface area contributed by atoms with Crippen molar-refractivity contribution in [1.29, 1.82) is 0 Å². The van der Waals surface area contributed by atoms with E-state index in [2.05, 4.69) is 31.2 Å². The van der Waals surface area contributed by atoms with Crippen LogP contribution in [0.15, 0.2) is 35.9 Å². The van der Waals surface area contributed by atoms with Gasteiger partial charge in [-0.15, -0.1) is 0 Å². The molecule has 0 fully saturated rings. The lowest BCUT2D eigenvalue weighted by Crippen LogP contribution is -1.93. The Labute approximate surface area is 103 Å². The molecule has 0 aromatic heterocycles. The van der Waals surface area contributed by atoms with E-state index < -0.39 is 5.97 Å². The first-order chi connectivity index (χ1) is 8.11. The molecular weight excluding hydrogens is 212 g/mol. The van der Waals surface area contributed by atoms with Gasteiger partial charge < -0.3 is 5.11 Å². The molecule has 0 radical (unpaired) electrons. The van der Waals surface area contributed by atoms with Crippen LogP contribution in [0.25, 0.3) is 0 Å². The van der Waals surface area contributed by atoms with E-state index in [1.54, 1.807) is 0 Å². The second-order valence-electron chi connectivity index (χ2n) is 4.40. The summed E-state index contributed by atoms with van der Waals surface area (Å²) in [6.07, 6.45) is 5.28. The Morgan fingerprint density at radius 2 is 1.71 bits per heavy atom. The quantitative estimate of drug-likeness (QED) is 0.761. The number of hydrogen-bond acceptors (Lipinski definition) is 1. The van der Waals surface area contributed by atoms with Gasteiger partial charge in [0.2, 0.25) is 0 Å². The van der Waals surface area contributed by atoms with Gasteiger partial charge in [0.15, 0.2) is 0 Å². The van der Waals surface area contributed by atoms with Crippen molar-refractivity contribution in [3.05, 3.63) is 47.0 Å². The highest BCUT2D eigenvalue weighted by Gasteiger charge is 1.98. The average molecular weight is 232 g/mol. The summed E-state index contributed by atoms with van der Waals surface area (Å²) < 4.78 is 0. The highest BCUT2D eigenvalue weighted by Crippen LogP contribution is 2.11. The highest BCUT2D eigenvalue weighted by molar-refractivity contribution is 5.80. The van der Waals surface area contributed by atoms with Crippen LogP contribution in [0.1, 0.15) is 37.8 Å². The number of benzene rings is 1. The lowest BCUT2D eigenvalue weighted by atomic mass is 10.0. The Kier molecular flexibility index (Phi) is 5.47. The minimum Gasteiger partial charge on any atom is -0.478 e. The third kappa shape index (κ3) is 5.34. The van der Waals surface area contributed by atoms with Gasteiger partial charge in [-0.3, -0.25) is 0 Å². The first kappa shape index (κ1) is 13.5. The van der Waals surface area contributed by atoms with Crippen LogP contribution < -0.4 is 0 Å². The van der Waals surface area contributed by atoms with Crippen molar-refractivity contribution in [2.24, 2.45) is 0 Å². The Balaban J connectivity index is 2.49. The molecule has 0 heterocycles. The average Bonchev–Trinajstić information content (AvgIpc) is 2.28. The first-order valence-corrected chi connectivity index (χ1v) is 6.09. The molecule has 0 aliphatic heterocycles. The van der Waals surface area contributed by atoms with E-state index in [1.807, 2.05) is 6.92 Å². The summed E-state index contributed by atoms with van der Waals surface area (Å²) in [6.45, 7) is 4.04. The van der Waals surface area contributed by atoms with Crippen LogP contribution in [0.4, 0.5) is 0 Å². The summed E-state index contributed by atoms with van der Waals surface area (Å²) in [5, 5.41) is 8.60. The molecule has 0 unspecified atom stereocenters. The zero-order chi connectivity index (χ0) is 12.7. The van der Waals surface area contributed by atoms with Crippen LogP contribution in [0.3, 0.4) is 0 Å². The van der Waals surface area contributed by atoms with Crippen molar-refractivity contribution in [3.63, 3.8) is 0 Å². The number of aryl methyl sites for hydroxylation is 2. The Hall–Kier alpha value is -1.57. The van der Waals surface area contributed by atoms with Crippen molar-refractivity contribution >= 4 is 5.97 Å². The molecule has 1 aromatic carbocycles. The van der Waals surface area contributed by atoms with E-state index >= 15 is 0 Å². The van der Waals surface area contributed by atoms with Crippen LogP contribution in [0.5, 0.6) is 0 Å². The molecule has 0 bridgehead atoms. The van der Waals surface area contributed by atoms with E-state index in [4.69, 9.17) is 5.11 Å². The molecule has 0 amide bonds. The molecule has 1 rings (SSSR count). The fourth-order valence-electron chi connectivity index (χ4n) is 1.79. The maximum atomic E-state index is 10.5. The van der Waals surface area contributed by atoms with Gasteiger partial charge in [0.1, 0.15) is 0 Å². The van der Waals surface area contributed by atoms with Crippen molar-refractivity contribution in [3.8, 4) is 0 Å². The van der Waals surface area contributed by atoms with Gasteiger partial charge in [0, 0.05) is 6.08 Å². The van der Waals surface area contributed by atoms with E-state index in [0.717, 1.165) is 24.8 Å². The summed E-state index contributed by atoms with van der Waals surface area (Å²) in [4.78, 5) is 10.5. The topological polar surface area (TPSA) is 37.3 Å². The molecule has 1 aromatic rings. The lowest BCUT2D eigenvalue weighted by molar-refractivity contribution is -0.131. The van der Waals surface area contributed by atoms with Gasteiger partial charge in [-0.25, -0.2) is 4.79 Å². The van der Waals surface area contributed by atoms with Crippen LogP contribution in [-0.4, -0.2) is 11.1 Å². The summed E-state index contributed by atoms with van der Waals surface area (Å²) >= 11 is 0. The smallest absolute Gasteiger partial charge is 0.328 e. The van der Waals surface area contributed by atoms with Crippen molar-refractivity contribution in [2.45, 2.75) is 39.5 Å². The Morgan fingerprint density at radius 3 is 2.18 bits per heavy atom. The fraction of sp³-hybridized carbons (Fsp3) is 0.400. The van der Waals surface area contributed by atoms with Crippen LogP contribution in [0.2, 0.25) is 0 Å². The summed E-state index contributed by atoms with van der Waals surface area (Å²) in [5.41, 5.74) is 3.55. The van der Waals surface area contributed by atoms with E-state index in [9.17, 15) is 4.79 Å². The molecule has 0 atom stereocenters. The lowest BCUT2D eigenvalue weighted by Gasteiger charge is -2.03. The summed E-state index contributed by atoms with van der Waals surface area (Å²) in [7, 11) is 0. The molecule has 0 aliphatic carbocycles. The molecule has 0 spiro atoms. The van der Waals surface area contributed by atoms with Crippen LogP contribution in [-0.2, 0) is 17.6 Å². The van der Waals surface area contributed by atoms with Gasteiger partial charge in [0.05, 0.1) is 0 Å². The maximum Gasteiger partial charge on any atom is 0.328 e. The molecular formula is C15H20O2. The van der Waals surface area contributed by atoms with E-state index in [-0.39, 0.29) is 0 Å². The number of carboxylic acid groups (broad SMARTS) is 1. The maximum absolute atomic E-state index is 10.5. The van der Waals surface area contributed by atoms with Gasteiger partial charge >= 0.3 is 5.97 Å². The zero-order valence-electron chi connectivity index (χ0n) is 10.6. The molecule has 92 valence electrons. The number of allylic oxidation sites excluding steroid dienone is 1. The molecule has 1 N–H and O–H groups in total. The van der Waals surface area contributed by atoms with Crippen molar-refractivity contribution in [2.75, 3.05) is 0 Å². The third-order valence-electron chi connectivity index (χ3n) is 2.74. The second kappa shape index (κ2) is 6.89. The predicted molar refractivity (Wildman–Crippen MR) is 70.2 cm³/mol. The first-order valence-electron chi connectivity index (χ1n) is 6.09. The van der Waals surface area contributed by atoms with Crippen LogP contribution >= 0.6 is 0 Å². The van der Waals surface area contributed by atoms with Gasteiger partial charge in [0.25, 0.3) is 0 Å².